The lowest BCUT2D eigenvalue weighted by atomic mass is 10.0. The minimum absolute atomic E-state index is 0.0767. The van der Waals surface area contributed by atoms with Gasteiger partial charge in [-0.1, -0.05) is 13.8 Å². The average molecular weight is 348 g/mol. The molecule has 25 heavy (non-hydrogen) atoms. The predicted molar refractivity (Wildman–Crippen MR) is 95.4 cm³/mol. The van der Waals surface area contributed by atoms with E-state index >= 15 is 0 Å². The summed E-state index contributed by atoms with van der Waals surface area (Å²) in [5.41, 5.74) is 0.582. The molecule has 2 aliphatic heterocycles. The van der Waals surface area contributed by atoms with Crippen molar-refractivity contribution >= 4 is 5.91 Å². The van der Waals surface area contributed by atoms with Crippen LogP contribution in [0.4, 0.5) is 0 Å². The molecular weight excluding hydrogens is 320 g/mol. The molecule has 0 saturated carbocycles. The number of morpholine rings is 1. The van der Waals surface area contributed by atoms with E-state index in [1.54, 1.807) is 32.4 Å². The number of carbonyl (C=O) groups excluding carboxylic acids is 1. The molecule has 0 aliphatic carbocycles. The first-order chi connectivity index (χ1) is 12.0. The molecule has 0 spiro atoms. The number of methoxy groups -OCH3 is 2. The van der Waals surface area contributed by atoms with E-state index in [1.807, 2.05) is 0 Å². The van der Waals surface area contributed by atoms with Gasteiger partial charge in [0.15, 0.2) is 11.5 Å². The SMILES string of the molecule is COc1ccc(C(=O)N[C@H]2C[C@H]3CO[C@@H](C(C)C)CN3C2)cc1OC. The summed E-state index contributed by atoms with van der Waals surface area (Å²) in [6.07, 6.45) is 1.22. The van der Waals surface area contributed by atoms with E-state index in [2.05, 4.69) is 24.1 Å². The molecule has 2 heterocycles. The molecule has 3 rings (SSSR count). The number of amides is 1. The molecule has 2 fully saturated rings. The summed E-state index contributed by atoms with van der Waals surface area (Å²) in [7, 11) is 3.15. The quantitative estimate of drug-likeness (QED) is 0.881. The van der Waals surface area contributed by atoms with Crippen molar-refractivity contribution in [1.29, 1.82) is 0 Å². The van der Waals surface area contributed by atoms with Crippen LogP contribution in [0.2, 0.25) is 0 Å². The van der Waals surface area contributed by atoms with Crippen LogP contribution < -0.4 is 14.8 Å². The van der Waals surface area contributed by atoms with Crippen molar-refractivity contribution in [1.82, 2.24) is 10.2 Å². The zero-order chi connectivity index (χ0) is 18.0. The van der Waals surface area contributed by atoms with Gasteiger partial charge in [-0.15, -0.1) is 0 Å². The minimum Gasteiger partial charge on any atom is -0.493 e. The van der Waals surface area contributed by atoms with Crippen molar-refractivity contribution in [3.63, 3.8) is 0 Å². The number of carbonyl (C=O) groups is 1. The number of rotatable bonds is 5. The average Bonchev–Trinajstić information content (AvgIpc) is 3.02. The summed E-state index contributed by atoms with van der Waals surface area (Å²) < 4.78 is 16.5. The second-order valence-corrected chi connectivity index (χ2v) is 7.20. The molecule has 1 aromatic rings. The Bertz CT molecular complexity index is 619. The zero-order valence-corrected chi connectivity index (χ0v) is 15.5. The summed E-state index contributed by atoms with van der Waals surface area (Å²) >= 11 is 0. The van der Waals surface area contributed by atoms with Crippen LogP contribution in [-0.4, -0.2) is 62.9 Å². The first-order valence-corrected chi connectivity index (χ1v) is 8.90. The van der Waals surface area contributed by atoms with Crippen LogP contribution in [0.3, 0.4) is 0 Å². The molecule has 2 saturated heterocycles. The highest BCUT2D eigenvalue weighted by Gasteiger charge is 2.38. The van der Waals surface area contributed by atoms with Gasteiger partial charge in [0.25, 0.3) is 5.91 Å². The lowest BCUT2D eigenvalue weighted by molar-refractivity contribution is -0.0683. The highest BCUT2D eigenvalue weighted by atomic mass is 16.5. The third kappa shape index (κ3) is 3.90. The molecule has 3 atom stereocenters. The molecule has 0 bridgehead atoms. The molecule has 1 aromatic carbocycles. The first-order valence-electron chi connectivity index (χ1n) is 8.90. The van der Waals surface area contributed by atoms with Gasteiger partial charge in [-0.25, -0.2) is 0 Å². The zero-order valence-electron chi connectivity index (χ0n) is 15.5. The molecule has 6 nitrogen and oxygen atoms in total. The minimum atomic E-state index is -0.0767. The molecule has 0 aromatic heterocycles. The van der Waals surface area contributed by atoms with Crippen molar-refractivity contribution in [2.45, 2.75) is 38.5 Å². The van der Waals surface area contributed by atoms with Crippen LogP contribution in [0.1, 0.15) is 30.6 Å². The maximum atomic E-state index is 12.6. The maximum Gasteiger partial charge on any atom is 0.251 e. The molecule has 1 amide bonds. The van der Waals surface area contributed by atoms with Crippen LogP contribution in [0.25, 0.3) is 0 Å². The van der Waals surface area contributed by atoms with E-state index < -0.39 is 0 Å². The monoisotopic (exact) mass is 348 g/mol. The lowest BCUT2D eigenvalue weighted by Gasteiger charge is -2.36. The van der Waals surface area contributed by atoms with Crippen LogP contribution in [0.5, 0.6) is 11.5 Å². The van der Waals surface area contributed by atoms with E-state index in [-0.39, 0.29) is 18.1 Å². The molecule has 2 aliphatic rings. The number of nitrogens with one attached hydrogen (secondary N) is 1. The van der Waals surface area contributed by atoms with Gasteiger partial charge < -0.3 is 19.5 Å². The topological polar surface area (TPSA) is 60.0 Å². The Labute approximate surface area is 149 Å². The van der Waals surface area contributed by atoms with E-state index in [0.717, 1.165) is 26.1 Å². The Morgan fingerprint density at radius 3 is 2.68 bits per heavy atom. The summed E-state index contributed by atoms with van der Waals surface area (Å²) in [4.78, 5) is 15.0. The number of nitrogens with zero attached hydrogens (tertiary/aromatic N) is 1. The van der Waals surface area contributed by atoms with Crippen LogP contribution >= 0.6 is 0 Å². The highest BCUT2D eigenvalue weighted by molar-refractivity contribution is 5.95. The van der Waals surface area contributed by atoms with Crippen LogP contribution in [0.15, 0.2) is 18.2 Å². The van der Waals surface area contributed by atoms with Crippen molar-refractivity contribution in [2.75, 3.05) is 33.9 Å². The fourth-order valence-corrected chi connectivity index (χ4v) is 3.65. The largest absolute Gasteiger partial charge is 0.493 e. The van der Waals surface area contributed by atoms with E-state index in [4.69, 9.17) is 14.2 Å². The molecular formula is C19H28N2O4. The number of hydrogen-bond acceptors (Lipinski definition) is 5. The lowest BCUT2D eigenvalue weighted by Crippen LogP contribution is -2.48. The van der Waals surface area contributed by atoms with E-state index in [1.165, 1.54) is 0 Å². The van der Waals surface area contributed by atoms with Crippen LogP contribution in [-0.2, 0) is 4.74 Å². The van der Waals surface area contributed by atoms with Gasteiger partial charge in [0, 0.05) is 30.7 Å². The van der Waals surface area contributed by atoms with Gasteiger partial charge in [0.2, 0.25) is 0 Å². The van der Waals surface area contributed by atoms with Gasteiger partial charge >= 0.3 is 0 Å². The van der Waals surface area contributed by atoms with Gasteiger partial charge in [-0.2, -0.15) is 0 Å². The van der Waals surface area contributed by atoms with Gasteiger partial charge in [-0.3, -0.25) is 9.69 Å². The maximum absolute atomic E-state index is 12.6. The highest BCUT2D eigenvalue weighted by Crippen LogP contribution is 2.28. The van der Waals surface area contributed by atoms with Crippen molar-refractivity contribution in [3.8, 4) is 11.5 Å². The Morgan fingerprint density at radius 2 is 2.00 bits per heavy atom. The summed E-state index contributed by atoms with van der Waals surface area (Å²) in [6.45, 7) is 6.97. The Hall–Kier alpha value is -1.79. The van der Waals surface area contributed by atoms with E-state index in [9.17, 15) is 4.79 Å². The third-order valence-corrected chi connectivity index (χ3v) is 5.17. The molecule has 0 unspecified atom stereocenters. The number of hydrogen-bond donors (Lipinski definition) is 1. The van der Waals surface area contributed by atoms with Crippen molar-refractivity contribution in [3.05, 3.63) is 23.8 Å². The Balaban J connectivity index is 1.61. The van der Waals surface area contributed by atoms with Gasteiger partial charge in [-0.05, 0) is 30.5 Å². The Kier molecular flexibility index (Phi) is 5.49. The summed E-state index contributed by atoms with van der Waals surface area (Å²) in [5.74, 6) is 1.62. The second kappa shape index (κ2) is 7.62. The molecule has 6 heteroatoms. The third-order valence-electron chi connectivity index (χ3n) is 5.17. The summed E-state index contributed by atoms with van der Waals surface area (Å²) in [6, 6.07) is 5.80. The molecule has 138 valence electrons. The molecule has 1 N–H and O–H groups in total. The predicted octanol–water partition coefficient (Wildman–Crippen LogP) is 1.93. The number of fused-ring (bicyclic) bond motifs is 1. The smallest absolute Gasteiger partial charge is 0.251 e. The number of benzene rings is 1. The Morgan fingerprint density at radius 1 is 1.24 bits per heavy atom. The van der Waals surface area contributed by atoms with E-state index in [0.29, 0.717) is 29.0 Å². The van der Waals surface area contributed by atoms with Gasteiger partial charge in [0.1, 0.15) is 0 Å². The second-order valence-electron chi connectivity index (χ2n) is 7.20. The number of ether oxygens (including phenoxy) is 3. The molecule has 0 radical (unpaired) electrons. The van der Waals surface area contributed by atoms with Gasteiger partial charge in [0.05, 0.1) is 26.9 Å². The van der Waals surface area contributed by atoms with Crippen molar-refractivity contribution < 1.29 is 19.0 Å². The van der Waals surface area contributed by atoms with Crippen LogP contribution in [0, 0.1) is 5.92 Å². The summed E-state index contributed by atoms with van der Waals surface area (Å²) in [5, 5.41) is 3.15. The standard InChI is InChI=1S/C19H28N2O4/c1-12(2)18-10-21-9-14(8-15(21)11-25-18)20-19(22)13-5-6-16(23-3)17(7-13)24-4/h5-7,12,14-15,18H,8-11H2,1-4H3,(H,20,22)/t14-,15-,18+/m0/s1. The fourth-order valence-electron chi connectivity index (χ4n) is 3.65. The normalized spacial score (nSPS) is 26.4. The van der Waals surface area contributed by atoms with Crippen molar-refractivity contribution in [2.24, 2.45) is 5.92 Å². The fraction of sp³-hybridized carbons (Fsp3) is 0.632. The first kappa shape index (κ1) is 18.0.